The highest BCUT2D eigenvalue weighted by molar-refractivity contribution is 7.19. The van der Waals surface area contributed by atoms with E-state index in [0.717, 1.165) is 22.3 Å². The zero-order valence-corrected chi connectivity index (χ0v) is 12.7. The van der Waals surface area contributed by atoms with Crippen LogP contribution in [0.15, 0.2) is 42.8 Å². The molecule has 2 heterocycles. The van der Waals surface area contributed by atoms with Crippen LogP contribution in [0.1, 0.15) is 24.4 Å². The van der Waals surface area contributed by atoms with E-state index in [1.165, 1.54) is 23.5 Å². The average molecular weight is 301 g/mol. The van der Waals surface area contributed by atoms with Crippen molar-refractivity contribution in [3.05, 3.63) is 63.5 Å². The first-order chi connectivity index (χ1) is 10.1. The minimum absolute atomic E-state index is 0.0118. The third-order valence-corrected chi connectivity index (χ3v) is 3.99. The van der Waals surface area contributed by atoms with Gasteiger partial charge in [-0.25, -0.2) is 9.97 Å². The Balaban J connectivity index is 2.55. The number of nitrogens with zero attached hydrogens (tertiary/aromatic N) is 3. The molecule has 2 aromatic heterocycles. The first-order valence-corrected chi connectivity index (χ1v) is 7.32. The van der Waals surface area contributed by atoms with Gasteiger partial charge in [-0.1, -0.05) is 37.0 Å². The van der Waals surface area contributed by atoms with Crippen molar-refractivity contribution in [2.24, 2.45) is 0 Å². The van der Waals surface area contributed by atoms with E-state index in [2.05, 4.69) is 16.5 Å². The Labute approximate surface area is 126 Å². The maximum absolute atomic E-state index is 11.2. The third-order valence-electron chi connectivity index (χ3n) is 2.98. The molecular weight excluding hydrogens is 286 g/mol. The smallest absolute Gasteiger partial charge is 0.258 e. The zero-order valence-electron chi connectivity index (χ0n) is 11.9. The number of pyridine rings is 1. The predicted molar refractivity (Wildman–Crippen MR) is 85.7 cm³/mol. The lowest BCUT2D eigenvalue weighted by Gasteiger charge is -1.99. The molecule has 0 bridgehead atoms. The van der Waals surface area contributed by atoms with E-state index in [4.69, 9.17) is 0 Å². The summed E-state index contributed by atoms with van der Waals surface area (Å²) in [7, 11) is 0. The van der Waals surface area contributed by atoms with Crippen molar-refractivity contribution < 1.29 is 4.92 Å². The highest BCUT2D eigenvalue weighted by Gasteiger charge is 2.21. The summed E-state index contributed by atoms with van der Waals surface area (Å²) < 4.78 is 0. The first-order valence-electron chi connectivity index (χ1n) is 6.50. The molecule has 0 aliphatic heterocycles. The average Bonchev–Trinajstić information content (AvgIpc) is 2.89. The molecule has 6 heteroatoms. The van der Waals surface area contributed by atoms with E-state index in [0.29, 0.717) is 10.6 Å². The summed E-state index contributed by atoms with van der Waals surface area (Å²) in [6.07, 6.45) is 7.17. The van der Waals surface area contributed by atoms with Crippen molar-refractivity contribution in [2.75, 3.05) is 0 Å². The van der Waals surface area contributed by atoms with Crippen LogP contribution in [0, 0.1) is 10.1 Å². The molecule has 0 fully saturated rings. The summed E-state index contributed by atoms with van der Waals surface area (Å²) in [6.45, 7) is 7.32. The highest BCUT2D eigenvalue weighted by atomic mass is 32.1. The number of thiazole rings is 1. The van der Waals surface area contributed by atoms with E-state index in [-0.39, 0.29) is 5.70 Å². The molecule has 0 spiro atoms. The van der Waals surface area contributed by atoms with Crippen LogP contribution in [-0.2, 0) is 6.42 Å². The van der Waals surface area contributed by atoms with Crippen LogP contribution in [0.25, 0.3) is 15.9 Å². The van der Waals surface area contributed by atoms with Crippen LogP contribution in [0.4, 0.5) is 0 Å². The van der Waals surface area contributed by atoms with Crippen LogP contribution >= 0.6 is 11.3 Å². The minimum Gasteiger partial charge on any atom is -0.258 e. The van der Waals surface area contributed by atoms with Gasteiger partial charge in [0.15, 0.2) is 0 Å². The standard InChI is InChI=1S/C15H15N3O2S/c1-4-7-13(18(19)20)11(6-3)14-17-12-8-10(5-2)9-16-15(12)21-14/h4,6-9H,1,5H2,2-3H3/b11-6+,13-7+. The van der Waals surface area contributed by atoms with Gasteiger partial charge in [0.05, 0.1) is 10.5 Å². The molecule has 0 aliphatic carbocycles. The van der Waals surface area contributed by atoms with Gasteiger partial charge in [0.2, 0.25) is 0 Å². The number of allylic oxidation sites excluding steroid dienone is 4. The van der Waals surface area contributed by atoms with Crippen molar-refractivity contribution in [3.8, 4) is 0 Å². The van der Waals surface area contributed by atoms with Crippen LogP contribution in [0.3, 0.4) is 0 Å². The number of aryl methyl sites for hydroxylation is 1. The van der Waals surface area contributed by atoms with Crippen molar-refractivity contribution in [2.45, 2.75) is 20.3 Å². The van der Waals surface area contributed by atoms with E-state index in [1.54, 1.807) is 13.0 Å². The molecule has 0 atom stereocenters. The molecule has 0 aromatic carbocycles. The van der Waals surface area contributed by atoms with Gasteiger partial charge in [-0.05, 0) is 25.0 Å². The first kappa shape index (κ1) is 15.1. The second-order valence-electron chi connectivity index (χ2n) is 4.29. The Hall–Kier alpha value is -2.34. The van der Waals surface area contributed by atoms with Crippen LogP contribution in [-0.4, -0.2) is 14.9 Å². The number of hydrogen-bond donors (Lipinski definition) is 0. The Bertz CT molecular complexity index is 759. The van der Waals surface area contributed by atoms with E-state index < -0.39 is 4.92 Å². The highest BCUT2D eigenvalue weighted by Crippen LogP contribution is 2.30. The number of fused-ring (bicyclic) bond motifs is 1. The van der Waals surface area contributed by atoms with Gasteiger partial charge in [0, 0.05) is 12.3 Å². The molecule has 0 saturated carbocycles. The van der Waals surface area contributed by atoms with Crippen LogP contribution in [0.5, 0.6) is 0 Å². The van der Waals surface area contributed by atoms with Crippen LogP contribution in [0.2, 0.25) is 0 Å². The Kier molecular flexibility index (Phi) is 4.59. The summed E-state index contributed by atoms with van der Waals surface area (Å²) in [5, 5.41) is 11.8. The predicted octanol–water partition coefficient (Wildman–Crippen LogP) is 4.00. The fraction of sp³-hybridized carbons (Fsp3) is 0.200. The van der Waals surface area contributed by atoms with Gasteiger partial charge in [-0.3, -0.25) is 10.1 Å². The molecule has 108 valence electrons. The summed E-state index contributed by atoms with van der Waals surface area (Å²) in [5.74, 6) is 0. The van der Waals surface area contributed by atoms with Gasteiger partial charge in [0.25, 0.3) is 5.70 Å². The lowest BCUT2D eigenvalue weighted by Crippen LogP contribution is -2.01. The fourth-order valence-corrected chi connectivity index (χ4v) is 2.89. The second kappa shape index (κ2) is 6.41. The largest absolute Gasteiger partial charge is 0.279 e. The van der Waals surface area contributed by atoms with Gasteiger partial charge < -0.3 is 0 Å². The Morgan fingerprint density at radius 3 is 2.90 bits per heavy atom. The molecule has 0 unspecified atom stereocenters. The van der Waals surface area contributed by atoms with Gasteiger partial charge in [0.1, 0.15) is 15.4 Å². The van der Waals surface area contributed by atoms with Gasteiger partial charge >= 0.3 is 0 Å². The van der Waals surface area contributed by atoms with Gasteiger partial charge in [-0.15, -0.1) is 0 Å². The fourth-order valence-electron chi connectivity index (χ4n) is 1.91. The third kappa shape index (κ3) is 3.05. The molecule has 21 heavy (non-hydrogen) atoms. The summed E-state index contributed by atoms with van der Waals surface area (Å²) in [6, 6.07) is 1.97. The second-order valence-corrected chi connectivity index (χ2v) is 5.27. The SMILES string of the molecule is C=C/C=C(\C(=C/C)c1nc2cc(CC)cnc2s1)[N+](=O)[O-]. The Morgan fingerprint density at radius 1 is 1.57 bits per heavy atom. The maximum Gasteiger partial charge on any atom is 0.279 e. The summed E-state index contributed by atoms with van der Waals surface area (Å²) in [4.78, 5) is 20.4. The molecule has 5 nitrogen and oxygen atoms in total. The van der Waals surface area contributed by atoms with Crippen molar-refractivity contribution in [1.82, 2.24) is 9.97 Å². The van der Waals surface area contributed by atoms with Crippen molar-refractivity contribution in [3.63, 3.8) is 0 Å². The zero-order chi connectivity index (χ0) is 15.4. The monoisotopic (exact) mass is 301 g/mol. The summed E-state index contributed by atoms with van der Waals surface area (Å²) in [5.41, 5.74) is 2.34. The lowest BCUT2D eigenvalue weighted by molar-refractivity contribution is -0.416. The normalized spacial score (nSPS) is 12.7. The Morgan fingerprint density at radius 2 is 2.33 bits per heavy atom. The molecule has 0 amide bonds. The minimum atomic E-state index is -0.423. The number of rotatable bonds is 5. The van der Waals surface area contributed by atoms with Crippen molar-refractivity contribution in [1.29, 1.82) is 0 Å². The quantitative estimate of drug-likeness (QED) is 0.475. The maximum atomic E-state index is 11.2. The van der Waals surface area contributed by atoms with Gasteiger partial charge in [-0.2, -0.15) is 0 Å². The van der Waals surface area contributed by atoms with E-state index >= 15 is 0 Å². The molecule has 2 rings (SSSR count). The van der Waals surface area contributed by atoms with Crippen LogP contribution < -0.4 is 0 Å². The molecule has 0 saturated heterocycles. The summed E-state index contributed by atoms with van der Waals surface area (Å²) >= 11 is 1.35. The molecular formula is C15H15N3O2S. The number of nitro groups is 1. The molecule has 2 aromatic rings. The van der Waals surface area contributed by atoms with E-state index in [9.17, 15) is 10.1 Å². The molecule has 0 N–H and O–H groups in total. The van der Waals surface area contributed by atoms with E-state index in [1.807, 2.05) is 19.2 Å². The topological polar surface area (TPSA) is 68.9 Å². The molecule has 0 aliphatic rings. The molecule has 0 radical (unpaired) electrons. The number of aromatic nitrogens is 2. The lowest BCUT2D eigenvalue weighted by atomic mass is 10.2. The number of hydrogen-bond acceptors (Lipinski definition) is 5. The van der Waals surface area contributed by atoms with Crippen molar-refractivity contribution >= 4 is 27.3 Å².